The molecule has 2 aliphatic rings. The van der Waals surface area contributed by atoms with E-state index in [4.69, 9.17) is 14.6 Å². The molecule has 1 unspecified atom stereocenters. The molecule has 3 rings (SSSR count). The van der Waals surface area contributed by atoms with E-state index in [9.17, 15) is 4.79 Å². The summed E-state index contributed by atoms with van der Waals surface area (Å²) in [5.41, 5.74) is 0. The van der Waals surface area contributed by atoms with Gasteiger partial charge in [0.2, 0.25) is 0 Å². The minimum absolute atomic E-state index is 0.0185. The number of hydrogen-bond acceptors (Lipinski definition) is 5. The summed E-state index contributed by atoms with van der Waals surface area (Å²) >= 11 is 0. The second-order valence-electron chi connectivity index (χ2n) is 5.61. The maximum Gasteiger partial charge on any atom is 0.323 e. The molecule has 0 amide bonds. The first kappa shape index (κ1) is 16.5. The summed E-state index contributed by atoms with van der Waals surface area (Å²) < 4.78 is 7.05. The van der Waals surface area contributed by atoms with Gasteiger partial charge in [-0.05, 0) is 44.3 Å². The standard InChI is InChI=1S/C14H21N3O2.CH2O2/c18-14-13(5-11-19-14)16-8-2-12(3-9-16)4-10-17-7-1-6-15-17;2-1-3/h1,6-7,12-13H,2-5,8-11H2;1H,(H,2,3). The van der Waals surface area contributed by atoms with Crippen molar-refractivity contribution in [2.75, 3.05) is 19.7 Å². The SMILES string of the molecule is O=C1OCCC1N1CCC(CCn2cccn2)CC1.O=CO. The van der Waals surface area contributed by atoms with E-state index in [1.807, 2.05) is 23.1 Å². The lowest BCUT2D eigenvalue weighted by molar-refractivity contribution is -0.142. The highest BCUT2D eigenvalue weighted by atomic mass is 16.5. The van der Waals surface area contributed by atoms with Gasteiger partial charge in [0.15, 0.2) is 0 Å². The van der Waals surface area contributed by atoms with Crippen molar-refractivity contribution in [2.24, 2.45) is 5.92 Å². The van der Waals surface area contributed by atoms with E-state index in [0.29, 0.717) is 6.61 Å². The lowest BCUT2D eigenvalue weighted by atomic mass is 9.92. The first-order valence-corrected chi connectivity index (χ1v) is 7.70. The number of ether oxygens (including phenoxy) is 1. The maximum absolute atomic E-state index is 11.6. The Balaban J connectivity index is 0.000000545. The maximum atomic E-state index is 11.6. The molecule has 22 heavy (non-hydrogen) atoms. The monoisotopic (exact) mass is 309 g/mol. The average Bonchev–Trinajstić information content (AvgIpc) is 3.18. The van der Waals surface area contributed by atoms with Gasteiger partial charge in [0.25, 0.3) is 6.47 Å². The molecule has 3 heterocycles. The van der Waals surface area contributed by atoms with E-state index < -0.39 is 0 Å². The molecule has 122 valence electrons. The van der Waals surface area contributed by atoms with Crippen molar-refractivity contribution in [3.63, 3.8) is 0 Å². The molecule has 0 aliphatic carbocycles. The molecule has 0 spiro atoms. The zero-order valence-electron chi connectivity index (χ0n) is 12.6. The van der Waals surface area contributed by atoms with Crippen LogP contribution < -0.4 is 0 Å². The molecule has 2 aliphatic heterocycles. The molecule has 1 atom stereocenters. The zero-order valence-corrected chi connectivity index (χ0v) is 12.6. The van der Waals surface area contributed by atoms with Crippen molar-refractivity contribution in [1.82, 2.24) is 14.7 Å². The number of carboxylic acid groups (broad SMARTS) is 1. The molecule has 0 saturated carbocycles. The van der Waals surface area contributed by atoms with Gasteiger partial charge in [-0.25, -0.2) is 0 Å². The fourth-order valence-corrected chi connectivity index (χ4v) is 3.12. The molecule has 2 fully saturated rings. The number of rotatable bonds is 4. The number of aryl methyl sites for hydroxylation is 1. The van der Waals surface area contributed by atoms with E-state index in [1.54, 1.807) is 0 Å². The lowest BCUT2D eigenvalue weighted by Gasteiger charge is -2.34. The van der Waals surface area contributed by atoms with Crippen molar-refractivity contribution in [2.45, 2.75) is 38.3 Å². The average molecular weight is 309 g/mol. The molecule has 7 nitrogen and oxygen atoms in total. The third-order valence-corrected chi connectivity index (χ3v) is 4.32. The number of nitrogens with zero attached hydrogens (tertiary/aromatic N) is 3. The van der Waals surface area contributed by atoms with Crippen LogP contribution in [-0.4, -0.2) is 58.0 Å². The predicted octanol–water partition coefficient (Wildman–Crippen LogP) is 1.00. The summed E-state index contributed by atoms with van der Waals surface area (Å²) in [6.45, 7) is 3.42. The minimum Gasteiger partial charge on any atom is -0.483 e. The fraction of sp³-hybridized carbons (Fsp3) is 0.667. The van der Waals surface area contributed by atoms with Crippen LogP contribution in [0.4, 0.5) is 0 Å². The largest absolute Gasteiger partial charge is 0.483 e. The fourth-order valence-electron chi connectivity index (χ4n) is 3.12. The van der Waals surface area contributed by atoms with E-state index in [-0.39, 0.29) is 18.5 Å². The van der Waals surface area contributed by atoms with Gasteiger partial charge in [0, 0.05) is 25.4 Å². The summed E-state index contributed by atoms with van der Waals surface area (Å²) in [4.78, 5) is 22.2. The molecule has 0 radical (unpaired) electrons. The Labute approximate surface area is 129 Å². The predicted molar refractivity (Wildman–Crippen MR) is 79.2 cm³/mol. The number of cyclic esters (lactones) is 1. The highest BCUT2D eigenvalue weighted by Crippen LogP contribution is 2.25. The van der Waals surface area contributed by atoms with Crippen LogP contribution in [0, 0.1) is 5.92 Å². The van der Waals surface area contributed by atoms with E-state index in [1.165, 1.54) is 19.3 Å². The Morgan fingerprint density at radius 2 is 2.09 bits per heavy atom. The van der Waals surface area contributed by atoms with Crippen LogP contribution in [0.3, 0.4) is 0 Å². The van der Waals surface area contributed by atoms with Crippen molar-refractivity contribution < 1.29 is 19.4 Å². The quantitative estimate of drug-likeness (QED) is 0.660. The summed E-state index contributed by atoms with van der Waals surface area (Å²) in [6, 6.07) is 2.00. The number of carbonyl (C=O) groups excluding carboxylic acids is 1. The Hall–Kier alpha value is -1.89. The van der Waals surface area contributed by atoms with Crippen LogP contribution >= 0.6 is 0 Å². The molecule has 7 heteroatoms. The summed E-state index contributed by atoms with van der Waals surface area (Å²) in [5.74, 6) is 0.743. The molecule has 0 aromatic carbocycles. The number of carbonyl (C=O) groups is 2. The Kier molecular flexibility index (Phi) is 6.39. The van der Waals surface area contributed by atoms with Gasteiger partial charge in [0.1, 0.15) is 6.04 Å². The van der Waals surface area contributed by atoms with Crippen LogP contribution in [-0.2, 0) is 20.9 Å². The Morgan fingerprint density at radius 1 is 1.36 bits per heavy atom. The Morgan fingerprint density at radius 3 is 2.64 bits per heavy atom. The Bertz CT molecular complexity index is 455. The van der Waals surface area contributed by atoms with Crippen molar-refractivity contribution in [3.05, 3.63) is 18.5 Å². The second kappa shape index (κ2) is 8.53. The van der Waals surface area contributed by atoms with Crippen molar-refractivity contribution >= 4 is 12.4 Å². The number of piperidine rings is 1. The smallest absolute Gasteiger partial charge is 0.323 e. The number of esters is 1. The van der Waals surface area contributed by atoms with Crippen LogP contribution in [0.25, 0.3) is 0 Å². The van der Waals surface area contributed by atoms with Crippen molar-refractivity contribution in [3.8, 4) is 0 Å². The molecular formula is C15H23N3O4. The van der Waals surface area contributed by atoms with Gasteiger partial charge in [-0.1, -0.05) is 0 Å². The molecular weight excluding hydrogens is 286 g/mol. The van der Waals surface area contributed by atoms with E-state index in [0.717, 1.165) is 32.0 Å². The van der Waals surface area contributed by atoms with E-state index in [2.05, 4.69) is 10.00 Å². The van der Waals surface area contributed by atoms with Crippen LogP contribution in [0.5, 0.6) is 0 Å². The first-order valence-electron chi connectivity index (χ1n) is 7.70. The number of aromatic nitrogens is 2. The van der Waals surface area contributed by atoms with Gasteiger partial charge >= 0.3 is 5.97 Å². The summed E-state index contributed by atoms with van der Waals surface area (Å²) in [6.07, 6.45) is 8.27. The third kappa shape index (κ3) is 4.56. The molecule has 1 aromatic rings. The highest BCUT2D eigenvalue weighted by molar-refractivity contribution is 5.77. The first-order chi connectivity index (χ1) is 10.7. The zero-order chi connectivity index (χ0) is 15.8. The van der Waals surface area contributed by atoms with Gasteiger partial charge in [-0.15, -0.1) is 0 Å². The highest BCUT2D eigenvalue weighted by Gasteiger charge is 2.34. The van der Waals surface area contributed by atoms with Gasteiger partial charge < -0.3 is 9.84 Å². The number of hydrogen-bond donors (Lipinski definition) is 1. The van der Waals surface area contributed by atoms with E-state index >= 15 is 0 Å². The second-order valence-corrected chi connectivity index (χ2v) is 5.61. The third-order valence-electron chi connectivity index (χ3n) is 4.32. The van der Waals surface area contributed by atoms with Gasteiger partial charge in [0.05, 0.1) is 6.61 Å². The summed E-state index contributed by atoms with van der Waals surface area (Å²) in [7, 11) is 0. The molecule has 2 saturated heterocycles. The van der Waals surface area contributed by atoms with Crippen LogP contribution in [0.1, 0.15) is 25.7 Å². The minimum atomic E-state index is -0.250. The topological polar surface area (TPSA) is 84.7 Å². The molecule has 1 aromatic heterocycles. The van der Waals surface area contributed by atoms with Crippen molar-refractivity contribution in [1.29, 1.82) is 0 Å². The molecule has 1 N–H and O–H groups in total. The summed E-state index contributed by atoms with van der Waals surface area (Å²) in [5, 5.41) is 11.1. The number of likely N-dealkylation sites (tertiary alicyclic amines) is 1. The van der Waals surface area contributed by atoms with Gasteiger partial charge in [-0.2, -0.15) is 5.10 Å². The van der Waals surface area contributed by atoms with Crippen LogP contribution in [0.2, 0.25) is 0 Å². The van der Waals surface area contributed by atoms with Crippen LogP contribution in [0.15, 0.2) is 18.5 Å². The van der Waals surface area contributed by atoms with Gasteiger partial charge in [-0.3, -0.25) is 19.2 Å². The lowest BCUT2D eigenvalue weighted by Crippen LogP contribution is -2.43. The normalized spacial score (nSPS) is 22.7. The molecule has 0 bridgehead atoms.